The summed E-state index contributed by atoms with van der Waals surface area (Å²) in [5, 5.41) is 19.3. The second kappa shape index (κ2) is 9.87. The van der Waals surface area contributed by atoms with Gasteiger partial charge in [0.15, 0.2) is 0 Å². The van der Waals surface area contributed by atoms with Crippen molar-refractivity contribution < 1.29 is 24.5 Å². The van der Waals surface area contributed by atoms with Crippen LogP contribution < -0.4 is 0 Å². The third kappa shape index (κ3) is 7.99. The van der Waals surface area contributed by atoms with Gasteiger partial charge in [0, 0.05) is 17.9 Å². The van der Waals surface area contributed by atoms with Crippen LogP contribution in [0.5, 0.6) is 5.75 Å². The number of rotatable bonds is 10. The molecule has 0 aliphatic carbocycles. The fourth-order valence-corrected chi connectivity index (χ4v) is 5.07. The van der Waals surface area contributed by atoms with Crippen LogP contribution in [0.1, 0.15) is 26.7 Å². The minimum absolute atomic E-state index is 0.00725. The first-order valence-corrected chi connectivity index (χ1v) is 10.7. The van der Waals surface area contributed by atoms with E-state index in [1.54, 1.807) is 18.3 Å². The lowest BCUT2D eigenvalue weighted by Crippen LogP contribution is -2.09. The van der Waals surface area contributed by atoms with Gasteiger partial charge < -0.3 is 15.1 Å². The highest BCUT2D eigenvalue weighted by Crippen LogP contribution is 2.44. The summed E-state index contributed by atoms with van der Waals surface area (Å²) in [4.78, 5) is 25.2. The maximum atomic E-state index is 12.1. The molecule has 134 valence electrons. The highest BCUT2D eigenvalue weighted by atomic mass is 32.2. The van der Waals surface area contributed by atoms with Gasteiger partial charge in [-0.3, -0.25) is 4.57 Å². The molecule has 1 rings (SSSR count). The zero-order valence-corrected chi connectivity index (χ0v) is 15.6. The van der Waals surface area contributed by atoms with E-state index in [1.807, 2.05) is 13.8 Å². The zero-order chi connectivity index (χ0) is 18.2. The molecule has 0 amide bonds. The molecule has 0 radical (unpaired) electrons. The monoisotopic (exact) mass is 373 g/mol. The third-order valence-electron chi connectivity index (χ3n) is 3.07. The molecule has 1 aromatic heterocycles. The smallest absolute Gasteiger partial charge is 0.331 e. The molecule has 1 unspecified atom stereocenters. The molecule has 1 atom stereocenters. The van der Waals surface area contributed by atoms with Gasteiger partial charge in [-0.1, -0.05) is 19.9 Å². The highest BCUT2D eigenvalue weighted by Gasteiger charge is 2.24. The SMILES string of the molecule is CC(C)CP(=O)(O)CC(=CCCCSc1ncccc1O)C(=O)O. The number of aromatic nitrogens is 1. The van der Waals surface area contributed by atoms with Crippen molar-refractivity contribution in [3.8, 4) is 5.75 Å². The Balaban J connectivity index is 2.51. The molecule has 0 aliphatic heterocycles. The van der Waals surface area contributed by atoms with E-state index in [0.717, 1.165) is 0 Å². The Bertz CT molecular complexity index is 633. The van der Waals surface area contributed by atoms with Crippen LogP contribution in [0.3, 0.4) is 0 Å². The minimum atomic E-state index is -3.47. The molecule has 1 aromatic rings. The maximum absolute atomic E-state index is 12.1. The van der Waals surface area contributed by atoms with Crippen LogP contribution in [0, 0.1) is 5.92 Å². The second-order valence-corrected chi connectivity index (χ2v) is 9.39. The van der Waals surface area contributed by atoms with Crippen LogP contribution in [-0.4, -0.2) is 44.1 Å². The molecule has 3 N–H and O–H groups in total. The standard InChI is InChI=1S/C16H24NO5PS/c1-12(2)10-23(21,22)11-13(16(19)20)6-3-4-9-24-15-14(18)7-5-8-17-15/h5-8,12,18H,3-4,9-11H2,1-2H3,(H,19,20)(H,21,22). The molecule has 8 heteroatoms. The largest absolute Gasteiger partial charge is 0.505 e. The Hall–Kier alpha value is -1.30. The average molecular weight is 373 g/mol. The fraction of sp³-hybridized carbons (Fsp3) is 0.500. The van der Waals surface area contributed by atoms with E-state index < -0.39 is 13.3 Å². The third-order valence-corrected chi connectivity index (χ3v) is 6.29. The van der Waals surface area contributed by atoms with E-state index in [2.05, 4.69) is 4.98 Å². The average Bonchev–Trinajstić information content (AvgIpc) is 2.45. The highest BCUT2D eigenvalue weighted by molar-refractivity contribution is 7.99. The first-order chi connectivity index (χ1) is 11.2. The van der Waals surface area contributed by atoms with Crippen molar-refractivity contribution in [3.05, 3.63) is 30.0 Å². The van der Waals surface area contributed by atoms with Crippen molar-refractivity contribution in [2.24, 2.45) is 5.92 Å². The lowest BCUT2D eigenvalue weighted by Gasteiger charge is -2.14. The van der Waals surface area contributed by atoms with Gasteiger partial charge in [0.05, 0.1) is 6.16 Å². The van der Waals surface area contributed by atoms with Crippen molar-refractivity contribution >= 4 is 25.1 Å². The predicted octanol–water partition coefficient (Wildman–Crippen LogP) is 3.60. The van der Waals surface area contributed by atoms with Crippen molar-refractivity contribution in [1.82, 2.24) is 4.98 Å². The number of aliphatic carboxylic acids is 1. The molecule has 0 aromatic carbocycles. The Kier molecular flexibility index (Phi) is 8.53. The molecule has 24 heavy (non-hydrogen) atoms. The number of nitrogens with zero attached hydrogens (tertiary/aromatic N) is 1. The molecule has 0 aliphatic rings. The van der Waals surface area contributed by atoms with E-state index in [0.29, 0.717) is 23.6 Å². The van der Waals surface area contributed by atoms with Gasteiger partial charge in [0.2, 0.25) is 7.37 Å². The normalized spacial score (nSPS) is 14.6. The predicted molar refractivity (Wildman–Crippen MR) is 96.0 cm³/mol. The maximum Gasteiger partial charge on any atom is 0.331 e. The van der Waals surface area contributed by atoms with Crippen molar-refractivity contribution in [2.45, 2.75) is 31.7 Å². The number of hydrogen-bond acceptors (Lipinski definition) is 5. The number of carboxylic acids is 1. The molecule has 0 saturated heterocycles. The van der Waals surface area contributed by atoms with Gasteiger partial charge >= 0.3 is 5.97 Å². The van der Waals surface area contributed by atoms with Crippen molar-refractivity contribution in [2.75, 3.05) is 18.1 Å². The molecular weight excluding hydrogens is 349 g/mol. The van der Waals surface area contributed by atoms with Gasteiger partial charge in [0.1, 0.15) is 10.8 Å². The summed E-state index contributed by atoms with van der Waals surface area (Å²) in [6.07, 6.45) is 4.10. The number of allylic oxidation sites excluding steroid dienone is 1. The van der Waals surface area contributed by atoms with Gasteiger partial charge in [-0.25, -0.2) is 9.78 Å². The molecular formula is C16H24NO5PS. The topological polar surface area (TPSA) is 108 Å². The second-order valence-electron chi connectivity index (χ2n) is 5.93. The quantitative estimate of drug-likeness (QED) is 0.249. The van der Waals surface area contributed by atoms with Crippen LogP contribution in [-0.2, 0) is 9.36 Å². The Labute approximate surface area is 146 Å². The molecule has 0 fully saturated rings. The van der Waals surface area contributed by atoms with Crippen LogP contribution in [0.4, 0.5) is 0 Å². The van der Waals surface area contributed by atoms with Gasteiger partial charge in [-0.05, 0) is 36.6 Å². The molecule has 1 heterocycles. The number of aromatic hydroxyl groups is 1. The summed E-state index contributed by atoms with van der Waals surface area (Å²) < 4.78 is 12.1. The Morgan fingerprint density at radius 3 is 2.75 bits per heavy atom. The van der Waals surface area contributed by atoms with Gasteiger partial charge in [-0.2, -0.15) is 0 Å². The van der Waals surface area contributed by atoms with E-state index in [-0.39, 0.29) is 29.6 Å². The Morgan fingerprint density at radius 1 is 1.46 bits per heavy atom. The van der Waals surface area contributed by atoms with E-state index in [1.165, 1.54) is 17.8 Å². The number of carbonyl (C=O) groups is 1. The minimum Gasteiger partial charge on any atom is -0.505 e. The van der Waals surface area contributed by atoms with Crippen molar-refractivity contribution in [1.29, 1.82) is 0 Å². The molecule has 6 nitrogen and oxygen atoms in total. The summed E-state index contributed by atoms with van der Waals surface area (Å²) in [7, 11) is -3.47. The first kappa shape index (κ1) is 20.7. The van der Waals surface area contributed by atoms with Crippen molar-refractivity contribution in [3.63, 3.8) is 0 Å². The van der Waals surface area contributed by atoms with Crippen LogP contribution in [0.25, 0.3) is 0 Å². The summed E-state index contributed by atoms with van der Waals surface area (Å²) in [6.45, 7) is 3.66. The summed E-state index contributed by atoms with van der Waals surface area (Å²) >= 11 is 1.39. The van der Waals surface area contributed by atoms with E-state index >= 15 is 0 Å². The van der Waals surface area contributed by atoms with Crippen LogP contribution in [0.15, 0.2) is 35.0 Å². The Morgan fingerprint density at radius 2 is 2.17 bits per heavy atom. The summed E-state index contributed by atoms with van der Waals surface area (Å²) in [5.74, 6) is -0.322. The fourth-order valence-electron chi connectivity index (χ4n) is 2.14. The van der Waals surface area contributed by atoms with E-state index in [4.69, 9.17) is 0 Å². The number of thioether (sulfide) groups is 1. The van der Waals surface area contributed by atoms with Crippen LogP contribution in [0.2, 0.25) is 0 Å². The number of hydrogen-bond donors (Lipinski definition) is 3. The molecule has 0 bridgehead atoms. The number of pyridine rings is 1. The lowest BCUT2D eigenvalue weighted by molar-refractivity contribution is -0.132. The van der Waals surface area contributed by atoms with E-state index in [9.17, 15) is 24.5 Å². The molecule has 0 spiro atoms. The van der Waals surface area contributed by atoms with Gasteiger partial charge in [-0.15, -0.1) is 11.8 Å². The summed E-state index contributed by atoms with van der Waals surface area (Å²) in [5.41, 5.74) is -0.00725. The zero-order valence-electron chi connectivity index (χ0n) is 13.9. The molecule has 0 saturated carbocycles. The number of carboxylic acid groups (broad SMARTS) is 1. The van der Waals surface area contributed by atoms with Gasteiger partial charge in [0.25, 0.3) is 0 Å². The van der Waals surface area contributed by atoms with Crippen LogP contribution >= 0.6 is 19.1 Å². The first-order valence-electron chi connectivity index (χ1n) is 7.71. The number of unbranched alkanes of at least 4 members (excludes halogenated alkanes) is 1. The lowest BCUT2D eigenvalue weighted by atomic mass is 10.2. The summed E-state index contributed by atoms with van der Waals surface area (Å²) in [6, 6.07) is 3.21.